The fourth-order valence-electron chi connectivity index (χ4n) is 1.54. The highest BCUT2D eigenvalue weighted by Gasteiger charge is 2.09. The van der Waals surface area contributed by atoms with Crippen LogP contribution in [0.25, 0.3) is 0 Å². The number of anilines is 1. The second-order valence-electron chi connectivity index (χ2n) is 3.67. The van der Waals surface area contributed by atoms with Crippen molar-refractivity contribution in [3.05, 3.63) is 34.8 Å². The van der Waals surface area contributed by atoms with Crippen molar-refractivity contribution < 1.29 is 9.53 Å². The molecule has 0 radical (unpaired) electrons. The highest BCUT2D eigenvalue weighted by molar-refractivity contribution is 7.15. The molecule has 94 valence electrons. The summed E-state index contributed by atoms with van der Waals surface area (Å²) in [4.78, 5) is 10.9. The Kier molecular flexibility index (Phi) is 3.88. The first-order valence-corrected chi connectivity index (χ1v) is 6.22. The first-order valence-electron chi connectivity index (χ1n) is 5.41. The Labute approximate surface area is 109 Å². The molecule has 2 rings (SSSR count). The SMILES string of the molecule is COc1ccccc1Cc1nnc(NC(C)=O)s1. The van der Waals surface area contributed by atoms with Crippen LogP contribution in [-0.4, -0.2) is 23.2 Å². The zero-order valence-electron chi connectivity index (χ0n) is 10.1. The topological polar surface area (TPSA) is 64.1 Å². The summed E-state index contributed by atoms with van der Waals surface area (Å²) in [6, 6.07) is 7.77. The van der Waals surface area contributed by atoms with Crippen molar-refractivity contribution in [2.24, 2.45) is 0 Å². The van der Waals surface area contributed by atoms with Crippen LogP contribution in [0.3, 0.4) is 0 Å². The number of aromatic nitrogens is 2. The third kappa shape index (κ3) is 3.04. The van der Waals surface area contributed by atoms with Crippen LogP contribution in [0, 0.1) is 0 Å². The number of nitrogens with one attached hydrogen (secondary N) is 1. The van der Waals surface area contributed by atoms with E-state index in [1.807, 2.05) is 24.3 Å². The molecule has 1 aromatic carbocycles. The van der Waals surface area contributed by atoms with Gasteiger partial charge in [-0.05, 0) is 6.07 Å². The van der Waals surface area contributed by atoms with Gasteiger partial charge in [-0.25, -0.2) is 0 Å². The molecule has 1 heterocycles. The van der Waals surface area contributed by atoms with Crippen LogP contribution < -0.4 is 10.1 Å². The number of ether oxygens (including phenoxy) is 1. The predicted molar refractivity (Wildman–Crippen MR) is 70.0 cm³/mol. The molecule has 0 spiro atoms. The molecule has 18 heavy (non-hydrogen) atoms. The van der Waals surface area contributed by atoms with Gasteiger partial charge in [-0.1, -0.05) is 29.5 Å². The number of carbonyl (C=O) groups excluding carboxylic acids is 1. The Morgan fingerprint density at radius 2 is 2.17 bits per heavy atom. The zero-order chi connectivity index (χ0) is 13.0. The molecule has 0 atom stereocenters. The van der Waals surface area contributed by atoms with Gasteiger partial charge in [0.25, 0.3) is 0 Å². The molecule has 0 aliphatic heterocycles. The van der Waals surface area contributed by atoms with Crippen LogP contribution in [0.1, 0.15) is 17.5 Å². The largest absolute Gasteiger partial charge is 0.496 e. The molecule has 0 bridgehead atoms. The highest BCUT2D eigenvalue weighted by Crippen LogP contribution is 2.24. The van der Waals surface area contributed by atoms with E-state index in [1.54, 1.807) is 7.11 Å². The van der Waals surface area contributed by atoms with E-state index < -0.39 is 0 Å². The number of carbonyl (C=O) groups is 1. The third-order valence-electron chi connectivity index (χ3n) is 2.28. The highest BCUT2D eigenvalue weighted by atomic mass is 32.1. The zero-order valence-corrected chi connectivity index (χ0v) is 11.0. The van der Waals surface area contributed by atoms with Crippen LogP contribution in [-0.2, 0) is 11.2 Å². The molecule has 0 unspecified atom stereocenters. The average Bonchev–Trinajstić information content (AvgIpc) is 2.76. The van der Waals surface area contributed by atoms with E-state index in [2.05, 4.69) is 15.5 Å². The van der Waals surface area contributed by atoms with Crippen molar-refractivity contribution in [2.75, 3.05) is 12.4 Å². The Bertz CT molecular complexity index is 554. The molecule has 5 nitrogen and oxygen atoms in total. The predicted octanol–water partition coefficient (Wildman–Crippen LogP) is 2.10. The van der Waals surface area contributed by atoms with Gasteiger partial charge in [0.05, 0.1) is 7.11 Å². The van der Waals surface area contributed by atoms with Gasteiger partial charge in [-0.15, -0.1) is 10.2 Å². The number of rotatable bonds is 4. The quantitative estimate of drug-likeness (QED) is 0.917. The minimum atomic E-state index is -0.144. The number of amides is 1. The number of para-hydroxylation sites is 1. The van der Waals surface area contributed by atoms with E-state index >= 15 is 0 Å². The second kappa shape index (κ2) is 5.59. The van der Waals surface area contributed by atoms with Crippen LogP contribution >= 0.6 is 11.3 Å². The maximum absolute atomic E-state index is 10.9. The fourth-order valence-corrected chi connectivity index (χ4v) is 2.35. The fraction of sp³-hybridized carbons (Fsp3) is 0.250. The molecule has 1 amide bonds. The number of hydrogen-bond acceptors (Lipinski definition) is 5. The van der Waals surface area contributed by atoms with Gasteiger partial charge in [0, 0.05) is 18.9 Å². The van der Waals surface area contributed by atoms with Crippen LogP contribution in [0.5, 0.6) is 5.75 Å². The van der Waals surface area contributed by atoms with Gasteiger partial charge < -0.3 is 10.1 Å². The molecule has 0 aliphatic carbocycles. The lowest BCUT2D eigenvalue weighted by atomic mass is 10.1. The van der Waals surface area contributed by atoms with Crippen molar-refractivity contribution in [1.29, 1.82) is 0 Å². The summed E-state index contributed by atoms with van der Waals surface area (Å²) in [5.74, 6) is 0.684. The summed E-state index contributed by atoms with van der Waals surface area (Å²) < 4.78 is 5.28. The maximum Gasteiger partial charge on any atom is 0.223 e. The number of nitrogens with zero attached hydrogens (tertiary/aromatic N) is 2. The minimum absolute atomic E-state index is 0.144. The molecule has 1 N–H and O–H groups in total. The molecule has 0 fully saturated rings. The third-order valence-corrected chi connectivity index (χ3v) is 3.12. The minimum Gasteiger partial charge on any atom is -0.496 e. The number of methoxy groups -OCH3 is 1. The maximum atomic E-state index is 10.9. The summed E-state index contributed by atoms with van der Waals surface area (Å²) in [7, 11) is 1.64. The molecule has 2 aromatic rings. The summed E-state index contributed by atoms with van der Waals surface area (Å²) in [6.45, 7) is 1.45. The van der Waals surface area contributed by atoms with Gasteiger partial charge in [0.15, 0.2) is 0 Å². The Balaban J connectivity index is 2.13. The van der Waals surface area contributed by atoms with E-state index in [-0.39, 0.29) is 5.91 Å². The van der Waals surface area contributed by atoms with Gasteiger partial charge >= 0.3 is 0 Å². The Morgan fingerprint density at radius 1 is 1.39 bits per heavy atom. The summed E-state index contributed by atoms with van der Waals surface area (Å²) in [5, 5.41) is 11.9. The molecule has 0 saturated heterocycles. The molecule has 6 heteroatoms. The number of hydrogen-bond donors (Lipinski definition) is 1. The standard InChI is InChI=1S/C12H13N3O2S/c1-8(16)13-12-15-14-11(18-12)7-9-5-3-4-6-10(9)17-2/h3-6H,7H2,1-2H3,(H,13,15,16). The van der Waals surface area contributed by atoms with Gasteiger partial charge in [0.1, 0.15) is 10.8 Å². The molecular weight excluding hydrogens is 250 g/mol. The van der Waals surface area contributed by atoms with Crippen molar-refractivity contribution >= 4 is 22.4 Å². The second-order valence-corrected chi connectivity index (χ2v) is 4.73. The molecule has 1 aromatic heterocycles. The molecular formula is C12H13N3O2S. The summed E-state index contributed by atoms with van der Waals surface area (Å²) in [6.07, 6.45) is 0.640. The van der Waals surface area contributed by atoms with Gasteiger partial charge in [0.2, 0.25) is 11.0 Å². The first kappa shape index (κ1) is 12.5. The van der Waals surface area contributed by atoms with E-state index in [9.17, 15) is 4.79 Å². The molecule has 0 aliphatic rings. The van der Waals surface area contributed by atoms with Crippen molar-refractivity contribution in [1.82, 2.24) is 10.2 Å². The smallest absolute Gasteiger partial charge is 0.223 e. The van der Waals surface area contributed by atoms with Crippen LogP contribution in [0.15, 0.2) is 24.3 Å². The lowest BCUT2D eigenvalue weighted by Crippen LogP contribution is -2.04. The van der Waals surface area contributed by atoms with Crippen molar-refractivity contribution in [3.8, 4) is 5.75 Å². The van der Waals surface area contributed by atoms with Gasteiger partial charge in [-0.3, -0.25) is 4.79 Å². The number of benzene rings is 1. The van der Waals surface area contributed by atoms with E-state index in [0.29, 0.717) is 11.6 Å². The summed E-state index contributed by atoms with van der Waals surface area (Å²) >= 11 is 1.37. The normalized spacial score (nSPS) is 10.1. The van der Waals surface area contributed by atoms with Gasteiger partial charge in [-0.2, -0.15) is 0 Å². The monoisotopic (exact) mass is 263 g/mol. The van der Waals surface area contributed by atoms with Crippen LogP contribution in [0.2, 0.25) is 0 Å². The lowest BCUT2D eigenvalue weighted by Gasteiger charge is -2.05. The van der Waals surface area contributed by atoms with Crippen molar-refractivity contribution in [2.45, 2.75) is 13.3 Å². The Morgan fingerprint density at radius 3 is 2.89 bits per heavy atom. The van der Waals surface area contributed by atoms with Crippen LogP contribution in [0.4, 0.5) is 5.13 Å². The van der Waals surface area contributed by atoms with E-state index in [0.717, 1.165) is 16.3 Å². The van der Waals surface area contributed by atoms with E-state index in [1.165, 1.54) is 18.3 Å². The van der Waals surface area contributed by atoms with Crippen molar-refractivity contribution in [3.63, 3.8) is 0 Å². The Hall–Kier alpha value is -1.95. The lowest BCUT2D eigenvalue weighted by molar-refractivity contribution is -0.114. The average molecular weight is 263 g/mol. The molecule has 0 saturated carbocycles. The van der Waals surface area contributed by atoms with E-state index in [4.69, 9.17) is 4.74 Å². The summed E-state index contributed by atoms with van der Waals surface area (Å²) in [5.41, 5.74) is 1.05. The first-order chi connectivity index (χ1) is 8.69.